The molecule has 0 aromatic heterocycles. The Morgan fingerprint density at radius 3 is 2.60 bits per heavy atom. The number of hydrogen-bond acceptors (Lipinski definition) is 3. The van der Waals surface area contributed by atoms with Crippen molar-refractivity contribution in [1.82, 2.24) is 0 Å². The highest BCUT2D eigenvalue weighted by Gasteiger charge is 2.67. The predicted molar refractivity (Wildman–Crippen MR) is 113 cm³/mol. The van der Waals surface area contributed by atoms with E-state index in [1.54, 1.807) is 30.2 Å². The summed E-state index contributed by atoms with van der Waals surface area (Å²) in [5.41, 5.74) is 3.61. The van der Waals surface area contributed by atoms with Gasteiger partial charge in [0.1, 0.15) is 5.75 Å². The van der Waals surface area contributed by atoms with Gasteiger partial charge in [0.15, 0.2) is 0 Å². The van der Waals surface area contributed by atoms with Crippen LogP contribution in [-0.4, -0.2) is 24.1 Å². The summed E-state index contributed by atoms with van der Waals surface area (Å²) >= 11 is 0. The van der Waals surface area contributed by atoms with Crippen LogP contribution in [0.5, 0.6) is 5.75 Å². The molecule has 1 N–H and O–H groups in total. The van der Waals surface area contributed by atoms with Crippen LogP contribution in [0.2, 0.25) is 0 Å². The van der Waals surface area contributed by atoms with E-state index < -0.39 is 11.4 Å². The van der Waals surface area contributed by atoms with Crippen molar-refractivity contribution in [3.8, 4) is 5.75 Å². The first-order valence-electron chi connectivity index (χ1n) is 9.92. The van der Waals surface area contributed by atoms with Crippen LogP contribution >= 0.6 is 0 Å². The fourth-order valence-electron chi connectivity index (χ4n) is 4.73. The summed E-state index contributed by atoms with van der Waals surface area (Å²) in [6, 6.07) is 22.7. The Kier molecular flexibility index (Phi) is 4.13. The minimum atomic E-state index is -0.969. The molecule has 3 aromatic rings. The normalized spacial score (nSPS) is 21.6. The number of nitrogens with zero attached hydrogens (tertiary/aromatic N) is 1. The lowest BCUT2D eigenvalue weighted by Crippen LogP contribution is -2.32. The first kappa shape index (κ1) is 18.4. The van der Waals surface area contributed by atoms with E-state index in [4.69, 9.17) is 4.74 Å². The lowest BCUT2D eigenvalue weighted by Gasteiger charge is -2.19. The number of ether oxygens (including phenoxy) is 1. The Morgan fingerprint density at radius 2 is 1.87 bits per heavy atom. The van der Waals surface area contributed by atoms with Gasteiger partial charge >= 0.3 is 5.97 Å². The number of aromatic carboxylic acids is 1. The summed E-state index contributed by atoms with van der Waals surface area (Å²) in [4.78, 5) is 26.8. The molecule has 150 valence electrons. The predicted octanol–water partition coefficient (Wildman–Crippen LogP) is 4.37. The summed E-state index contributed by atoms with van der Waals surface area (Å²) in [6.45, 7) is 0.355. The maximum atomic E-state index is 13.7. The van der Waals surface area contributed by atoms with Gasteiger partial charge in [0.05, 0.1) is 24.6 Å². The number of rotatable bonds is 5. The van der Waals surface area contributed by atoms with Crippen molar-refractivity contribution >= 4 is 17.6 Å². The molecule has 1 saturated carbocycles. The molecule has 2 aliphatic rings. The van der Waals surface area contributed by atoms with Crippen LogP contribution < -0.4 is 9.64 Å². The first-order valence-corrected chi connectivity index (χ1v) is 9.92. The van der Waals surface area contributed by atoms with E-state index in [-0.39, 0.29) is 17.4 Å². The van der Waals surface area contributed by atoms with Crippen molar-refractivity contribution < 1.29 is 19.4 Å². The zero-order valence-electron chi connectivity index (χ0n) is 16.5. The third-order valence-corrected chi connectivity index (χ3v) is 6.30. The number of carbonyl (C=O) groups excluding carboxylic acids is 1. The first-order chi connectivity index (χ1) is 14.5. The quantitative estimate of drug-likeness (QED) is 0.692. The number of carbonyl (C=O) groups is 2. The topological polar surface area (TPSA) is 66.8 Å². The third kappa shape index (κ3) is 2.70. The van der Waals surface area contributed by atoms with Crippen molar-refractivity contribution in [2.45, 2.75) is 24.3 Å². The van der Waals surface area contributed by atoms with Gasteiger partial charge in [-0.2, -0.15) is 0 Å². The zero-order valence-corrected chi connectivity index (χ0v) is 16.5. The van der Waals surface area contributed by atoms with Gasteiger partial charge < -0.3 is 14.7 Å². The Hall–Kier alpha value is -3.60. The SMILES string of the molecule is COc1ccc(C2CC23C(=O)N(Cc2cccc(C(=O)O)c2)c2ccccc23)cc1. The van der Waals surface area contributed by atoms with Gasteiger partial charge in [0, 0.05) is 11.6 Å². The number of carboxylic acids is 1. The second kappa shape index (κ2) is 6.73. The van der Waals surface area contributed by atoms with Crippen LogP contribution in [-0.2, 0) is 16.8 Å². The molecular formula is C25H21NO4. The molecule has 1 spiro atoms. The molecule has 0 radical (unpaired) electrons. The van der Waals surface area contributed by atoms with E-state index in [9.17, 15) is 14.7 Å². The highest BCUT2D eigenvalue weighted by molar-refractivity contribution is 6.11. The van der Waals surface area contributed by atoms with Gasteiger partial charge in [-0.3, -0.25) is 4.79 Å². The molecule has 5 nitrogen and oxygen atoms in total. The Balaban J connectivity index is 1.49. The van der Waals surface area contributed by atoms with E-state index in [2.05, 4.69) is 0 Å². The number of para-hydroxylation sites is 1. The zero-order chi connectivity index (χ0) is 20.9. The average Bonchev–Trinajstić information content (AvgIpc) is 3.49. The molecular weight excluding hydrogens is 378 g/mol. The standard InChI is InChI=1S/C25H21NO4/c1-30-19-11-9-17(10-12-19)21-14-25(21)20-7-2-3-8-22(20)26(24(25)29)15-16-5-4-6-18(13-16)23(27)28/h2-13,21H,14-15H2,1H3,(H,27,28). The van der Waals surface area contributed by atoms with Gasteiger partial charge in [-0.05, 0) is 53.4 Å². The minimum absolute atomic E-state index is 0.0882. The molecule has 1 aliphatic heterocycles. The molecule has 5 heteroatoms. The summed E-state index contributed by atoms with van der Waals surface area (Å²) in [5, 5.41) is 9.28. The fraction of sp³-hybridized carbons (Fsp3) is 0.200. The molecule has 5 rings (SSSR count). The summed E-state index contributed by atoms with van der Waals surface area (Å²) in [5.74, 6) is 0.0485. The van der Waals surface area contributed by atoms with Crippen molar-refractivity contribution in [2.24, 2.45) is 0 Å². The fourth-order valence-corrected chi connectivity index (χ4v) is 4.73. The van der Waals surface area contributed by atoms with Crippen LogP contribution in [0.15, 0.2) is 72.8 Å². The number of anilines is 1. The largest absolute Gasteiger partial charge is 0.497 e. The molecule has 0 saturated heterocycles. The van der Waals surface area contributed by atoms with E-state index in [0.29, 0.717) is 6.54 Å². The Bertz CT molecular complexity index is 1150. The summed E-state index contributed by atoms with van der Waals surface area (Å²) in [7, 11) is 1.64. The molecule has 1 aliphatic carbocycles. The van der Waals surface area contributed by atoms with Crippen LogP contribution in [0.3, 0.4) is 0 Å². The number of benzene rings is 3. The van der Waals surface area contributed by atoms with Gasteiger partial charge in [-0.15, -0.1) is 0 Å². The summed E-state index contributed by atoms with van der Waals surface area (Å²) in [6.07, 6.45) is 0.779. The summed E-state index contributed by atoms with van der Waals surface area (Å²) < 4.78 is 5.26. The van der Waals surface area contributed by atoms with Crippen LogP contribution in [0.4, 0.5) is 5.69 Å². The van der Waals surface area contributed by atoms with Crippen LogP contribution in [0.25, 0.3) is 0 Å². The minimum Gasteiger partial charge on any atom is -0.497 e. The van der Waals surface area contributed by atoms with Crippen LogP contribution in [0.1, 0.15) is 39.4 Å². The van der Waals surface area contributed by atoms with E-state index in [0.717, 1.165) is 34.5 Å². The molecule has 2 unspecified atom stereocenters. The lowest BCUT2D eigenvalue weighted by atomic mass is 9.92. The smallest absolute Gasteiger partial charge is 0.335 e. The molecule has 1 amide bonds. The van der Waals surface area contributed by atoms with Crippen molar-refractivity contribution in [1.29, 1.82) is 0 Å². The highest BCUT2D eigenvalue weighted by atomic mass is 16.5. The molecule has 0 bridgehead atoms. The number of carboxylic acid groups (broad SMARTS) is 1. The van der Waals surface area contributed by atoms with Gasteiger partial charge in [0.25, 0.3) is 0 Å². The number of methoxy groups -OCH3 is 1. The molecule has 1 fully saturated rings. The highest BCUT2D eigenvalue weighted by Crippen LogP contribution is 2.66. The monoisotopic (exact) mass is 399 g/mol. The van der Waals surface area contributed by atoms with Crippen molar-refractivity contribution in [2.75, 3.05) is 12.0 Å². The van der Waals surface area contributed by atoms with Crippen molar-refractivity contribution in [3.05, 3.63) is 95.1 Å². The van der Waals surface area contributed by atoms with Gasteiger partial charge in [-0.1, -0.05) is 42.5 Å². The Labute approximate surface area is 174 Å². The van der Waals surface area contributed by atoms with Crippen molar-refractivity contribution in [3.63, 3.8) is 0 Å². The maximum Gasteiger partial charge on any atom is 0.335 e. The van der Waals surface area contributed by atoms with E-state index >= 15 is 0 Å². The molecule has 2 atom stereocenters. The number of fused-ring (bicyclic) bond motifs is 2. The van der Waals surface area contributed by atoms with Crippen LogP contribution in [0, 0.1) is 0 Å². The number of hydrogen-bond donors (Lipinski definition) is 1. The Morgan fingerprint density at radius 1 is 1.10 bits per heavy atom. The molecule has 30 heavy (non-hydrogen) atoms. The average molecular weight is 399 g/mol. The van der Waals surface area contributed by atoms with Gasteiger partial charge in [-0.25, -0.2) is 4.79 Å². The maximum absolute atomic E-state index is 13.7. The second-order valence-electron chi connectivity index (χ2n) is 7.92. The molecule has 1 heterocycles. The molecule has 3 aromatic carbocycles. The van der Waals surface area contributed by atoms with Gasteiger partial charge in [0.2, 0.25) is 5.91 Å². The third-order valence-electron chi connectivity index (χ3n) is 6.30. The lowest BCUT2D eigenvalue weighted by molar-refractivity contribution is -0.120. The van der Waals surface area contributed by atoms with E-state index in [1.165, 1.54) is 0 Å². The van der Waals surface area contributed by atoms with E-state index in [1.807, 2.05) is 54.6 Å². The second-order valence-corrected chi connectivity index (χ2v) is 7.92. The number of amides is 1.